The number of aromatic nitrogens is 1. The lowest BCUT2D eigenvalue weighted by molar-refractivity contribution is -0.152. The van der Waals surface area contributed by atoms with E-state index in [2.05, 4.69) is 0 Å². The number of hydrogen-bond acceptors (Lipinski definition) is 8. The number of hydrogen-bond donors (Lipinski definition) is 3. The van der Waals surface area contributed by atoms with Crippen LogP contribution in [0.15, 0.2) is 51.7 Å². The highest BCUT2D eigenvalue weighted by Gasteiger charge is 2.37. The maximum Gasteiger partial charge on any atom is 0.420 e. The Labute approximate surface area is 182 Å². The molecule has 3 aromatic rings. The minimum Gasteiger partial charge on any atom is -0.487 e. The number of rotatable bonds is 10. The monoisotopic (exact) mass is 450 g/mol. The molecule has 3 rings (SSSR count). The Hall–Kier alpha value is -2.85. The number of nitrogens with zero attached hydrogens (tertiary/aromatic N) is 1. The third kappa shape index (κ3) is 5.26. The van der Waals surface area contributed by atoms with E-state index in [4.69, 9.17) is 36.3 Å². The van der Waals surface area contributed by atoms with Gasteiger partial charge in [-0.15, -0.1) is 0 Å². The van der Waals surface area contributed by atoms with E-state index in [1.54, 1.807) is 0 Å². The number of carbonyl (C=O) groups is 1. The van der Waals surface area contributed by atoms with Crippen molar-refractivity contribution in [3.63, 3.8) is 0 Å². The molecule has 0 aliphatic heterocycles. The Kier molecular flexibility index (Phi) is 7.34. The summed E-state index contributed by atoms with van der Waals surface area (Å²) in [6, 6.07) is 12.4. The number of carbonyl (C=O) groups excluding carboxylic acids is 1. The van der Waals surface area contributed by atoms with E-state index in [9.17, 15) is 14.7 Å². The van der Waals surface area contributed by atoms with Gasteiger partial charge in [0.2, 0.25) is 0 Å². The highest BCUT2D eigenvalue weighted by Crippen LogP contribution is 2.31. The van der Waals surface area contributed by atoms with Gasteiger partial charge in [0, 0.05) is 19.1 Å². The molecule has 1 aromatic heterocycles. The van der Waals surface area contributed by atoms with E-state index in [-0.39, 0.29) is 42.4 Å². The van der Waals surface area contributed by atoms with Crippen LogP contribution in [0.2, 0.25) is 5.02 Å². The van der Waals surface area contributed by atoms with Crippen LogP contribution >= 0.6 is 11.6 Å². The standard InChI is InChI=1S/C21H23ClN2O7/c22-15-9-16-18(10-17(15)30-11-14-5-2-1-3-6-14)31-20(28)24(16)12-21(23,13-26)19(27)29-8-4-7-25/h1-3,5-6,9-10,25-26H,4,7-8,11-13,23H2. The van der Waals surface area contributed by atoms with Gasteiger partial charge in [-0.2, -0.15) is 0 Å². The first kappa shape index (κ1) is 22.8. The minimum absolute atomic E-state index is 0.0662. The lowest BCUT2D eigenvalue weighted by Crippen LogP contribution is -2.56. The van der Waals surface area contributed by atoms with Gasteiger partial charge in [-0.1, -0.05) is 41.9 Å². The van der Waals surface area contributed by atoms with E-state index in [0.29, 0.717) is 5.75 Å². The average Bonchev–Trinajstić information content (AvgIpc) is 3.06. The zero-order valence-corrected chi connectivity index (χ0v) is 17.4. The van der Waals surface area contributed by atoms with Crippen LogP contribution in [0.25, 0.3) is 11.1 Å². The predicted octanol–water partition coefficient (Wildman–Crippen LogP) is 1.44. The van der Waals surface area contributed by atoms with Gasteiger partial charge in [0.25, 0.3) is 0 Å². The van der Waals surface area contributed by atoms with Gasteiger partial charge >= 0.3 is 11.7 Å². The number of halogens is 1. The van der Waals surface area contributed by atoms with Crippen LogP contribution < -0.4 is 16.2 Å². The average molecular weight is 451 g/mol. The van der Waals surface area contributed by atoms with Gasteiger partial charge in [-0.25, -0.2) is 9.59 Å². The van der Waals surface area contributed by atoms with E-state index in [1.165, 1.54) is 12.1 Å². The number of aliphatic hydroxyl groups is 2. The molecule has 1 unspecified atom stereocenters. The Balaban J connectivity index is 1.84. The number of benzene rings is 2. The Morgan fingerprint density at radius 2 is 1.97 bits per heavy atom. The van der Waals surface area contributed by atoms with Crippen molar-refractivity contribution in [2.75, 3.05) is 19.8 Å². The van der Waals surface area contributed by atoms with Crippen LogP contribution in [0, 0.1) is 0 Å². The zero-order chi connectivity index (χ0) is 22.4. The van der Waals surface area contributed by atoms with Crippen molar-refractivity contribution in [2.24, 2.45) is 5.73 Å². The Bertz CT molecular complexity index is 1100. The number of nitrogens with two attached hydrogens (primary N) is 1. The van der Waals surface area contributed by atoms with Gasteiger partial charge in [0.05, 0.1) is 30.3 Å². The molecule has 4 N–H and O–H groups in total. The topological polar surface area (TPSA) is 137 Å². The van der Waals surface area contributed by atoms with Crippen molar-refractivity contribution in [2.45, 2.75) is 25.1 Å². The fraction of sp³-hybridized carbons (Fsp3) is 0.333. The molecule has 0 fully saturated rings. The molecule has 0 amide bonds. The predicted molar refractivity (Wildman–Crippen MR) is 113 cm³/mol. The van der Waals surface area contributed by atoms with Gasteiger partial charge in [-0.3, -0.25) is 4.57 Å². The molecule has 10 heteroatoms. The smallest absolute Gasteiger partial charge is 0.420 e. The summed E-state index contributed by atoms with van der Waals surface area (Å²) in [5.41, 5.74) is 5.53. The van der Waals surface area contributed by atoms with E-state index in [1.807, 2.05) is 30.3 Å². The molecule has 0 bridgehead atoms. The number of ether oxygens (including phenoxy) is 2. The van der Waals surface area contributed by atoms with E-state index < -0.39 is 30.4 Å². The second-order valence-corrected chi connectivity index (χ2v) is 7.41. The summed E-state index contributed by atoms with van der Waals surface area (Å²) < 4.78 is 17.1. The van der Waals surface area contributed by atoms with Crippen LogP contribution in [0.5, 0.6) is 5.75 Å². The first-order valence-electron chi connectivity index (χ1n) is 9.55. The van der Waals surface area contributed by atoms with Crippen LogP contribution in [0.1, 0.15) is 12.0 Å². The molecule has 166 valence electrons. The highest BCUT2D eigenvalue weighted by molar-refractivity contribution is 6.32. The summed E-state index contributed by atoms with van der Waals surface area (Å²) in [5.74, 6) is -1.36. The minimum atomic E-state index is -1.88. The molecule has 1 atom stereocenters. The lowest BCUT2D eigenvalue weighted by Gasteiger charge is -2.25. The molecule has 0 saturated carbocycles. The van der Waals surface area contributed by atoms with Crippen molar-refractivity contribution in [1.82, 2.24) is 4.57 Å². The molecule has 1 heterocycles. The van der Waals surface area contributed by atoms with Crippen molar-refractivity contribution in [3.05, 3.63) is 63.6 Å². The fourth-order valence-corrected chi connectivity index (χ4v) is 3.11. The molecule has 0 spiro atoms. The van der Waals surface area contributed by atoms with Crippen LogP contribution in [0.4, 0.5) is 0 Å². The third-order valence-electron chi connectivity index (χ3n) is 4.62. The molecule has 0 saturated heterocycles. The van der Waals surface area contributed by atoms with E-state index >= 15 is 0 Å². The summed E-state index contributed by atoms with van der Waals surface area (Å²) in [7, 11) is 0. The zero-order valence-electron chi connectivity index (χ0n) is 16.6. The molecule has 0 aliphatic rings. The molecular weight excluding hydrogens is 428 g/mol. The summed E-state index contributed by atoms with van der Waals surface area (Å²) >= 11 is 6.32. The molecular formula is C21H23ClN2O7. The highest BCUT2D eigenvalue weighted by atomic mass is 35.5. The second-order valence-electron chi connectivity index (χ2n) is 7.01. The summed E-state index contributed by atoms with van der Waals surface area (Å²) in [4.78, 5) is 24.7. The number of esters is 1. The molecule has 2 aromatic carbocycles. The largest absolute Gasteiger partial charge is 0.487 e. The SMILES string of the molecule is NC(CO)(Cn1c(=O)oc2cc(OCc3ccccc3)c(Cl)cc21)C(=O)OCCCO. The lowest BCUT2D eigenvalue weighted by atomic mass is 10.0. The quantitative estimate of drug-likeness (QED) is 0.311. The Morgan fingerprint density at radius 3 is 2.65 bits per heavy atom. The summed E-state index contributed by atoms with van der Waals surface area (Å²) in [6.45, 7) is -1.12. The molecule has 0 radical (unpaired) electrons. The first-order valence-corrected chi connectivity index (χ1v) is 9.93. The van der Waals surface area contributed by atoms with Crippen molar-refractivity contribution in [1.29, 1.82) is 0 Å². The fourth-order valence-electron chi connectivity index (χ4n) is 2.89. The second kappa shape index (κ2) is 9.97. The maximum absolute atomic E-state index is 12.4. The van der Waals surface area contributed by atoms with Crippen LogP contribution in [0.3, 0.4) is 0 Å². The van der Waals surface area contributed by atoms with Crippen LogP contribution in [-0.2, 0) is 22.7 Å². The van der Waals surface area contributed by atoms with Crippen molar-refractivity contribution >= 4 is 28.7 Å². The molecule has 31 heavy (non-hydrogen) atoms. The summed E-state index contributed by atoms with van der Waals surface area (Å²) in [6.07, 6.45) is 0.225. The summed E-state index contributed by atoms with van der Waals surface area (Å²) in [5, 5.41) is 18.7. The van der Waals surface area contributed by atoms with Crippen LogP contribution in [-0.4, -0.2) is 46.1 Å². The molecule has 0 aliphatic carbocycles. The first-order chi connectivity index (χ1) is 14.9. The number of oxazole rings is 1. The van der Waals surface area contributed by atoms with Gasteiger partial charge in [0.1, 0.15) is 12.4 Å². The van der Waals surface area contributed by atoms with E-state index in [0.717, 1.165) is 10.1 Å². The normalized spacial score (nSPS) is 13.2. The Morgan fingerprint density at radius 1 is 1.23 bits per heavy atom. The molecule has 9 nitrogen and oxygen atoms in total. The number of fused-ring (bicyclic) bond motifs is 1. The van der Waals surface area contributed by atoms with Gasteiger partial charge < -0.3 is 29.8 Å². The van der Waals surface area contributed by atoms with Crippen molar-refractivity contribution in [3.8, 4) is 5.75 Å². The van der Waals surface area contributed by atoms with Gasteiger partial charge in [0.15, 0.2) is 11.1 Å². The van der Waals surface area contributed by atoms with Gasteiger partial charge in [-0.05, 0) is 11.6 Å². The number of aliphatic hydroxyl groups excluding tert-OH is 2. The van der Waals surface area contributed by atoms with Crippen molar-refractivity contribution < 1.29 is 28.9 Å². The maximum atomic E-state index is 12.4. The third-order valence-corrected chi connectivity index (χ3v) is 4.92.